The van der Waals surface area contributed by atoms with Gasteiger partial charge >= 0.3 is 0 Å². The number of hydrogen-bond donors (Lipinski definition) is 1. The molecule has 0 aromatic heterocycles. The van der Waals surface area contributed by atoms with Gasteiger partial charge in [0.05, 0.1) is 7.11 Å². The highest BCUT2D eigenvalue weighted by molar-refractivity contribution is 6.01. The van der Waals surface area contributed by atoms with Crippen molar-refractivity contribution >= 4 is 11.8 Å². The minimum absolute atomic E-state index is 0.00459. The Kier molecular flexibility index (Phi) is 5.26. The number of hydrogen-bond acceptors (Lipinski definition) is 3. The number of ether oxygens (including phenoxy) is 1. The maximum Gasteiger partial charge on any atom is 0.254 e. The second-order valence-corrected chi connectivity index (χ2v) is 6.99. The van der Waals surface area contributed by atoms with Crippen molar-refractivity contribution in [3.05, 3.63) is 64.7 Å². The number of nitrogens with zero attached hydrogens (tertiary/aromatic N) is 1. The molecule has 0 unspecified atom stereocenters. The van der Waals surface area contributed by atoms with Gasteiger partial charge < -0.3 is 15.0 Å². The molecule has 2 amide bonds. The Balaban J connectivity index is 1.70. The Morgan fingerprint density at radius 3 is 2.58 bits per heavy atom. The van der Waals surface area contributed by atoms with Crippen molar-refractivity contribution in [3.63, 3.8) is 0 Å². The van der Waals surface area contributed by atoms with Crippen molar-refractivity contribution in [3.8, 4) is 5.75 Å². The molecule has 2 aromatic carbocycles. The highest BCUT2D eigenvalue weighted by Crippen LogP contribution is 2.26. The van der Waals surface area contributed by atoms with Crippen LogP contribution in [-0.2, 0) is 13.1 Å². The van der Waals surface area contributed by atoms with Crippen LogP contribution in [0.1, 0.15) is 45.7 Å². The van der Waals surface area contributed by atoms with Gasteiger partial charge in [0, 0.05) is 30.8 Å². The molecule has 0 aliphatic carbocycles. The Bertz CT molecular complexity index is 813. The molecule has 0 fully saturated rings. The van der Waals surface area contributed by atoms with E-state index in [-0.39, 0.29) is 11.8 Å². The van der Waals surface area contributed by atoms with Crippen LogP contribution in [0.4, 0.5) is 0 Å². The van der Waals surface area contributed by atoms with Crippen molar-refractivity contribution in [2.24, 2.45) is 5.92 Å². The van der Waals surface area contributed by atoms with Crippen molar-refractivity contribution in [2.75, 3.05) is 13.7 Å². The average molecular weight is 352 g/mol. The number of nitrogens with one attached hydrogen (secondary N) is 1. The van der Waals surface area contributed by atoms with E-state index < -0.39 is 0 Å². The number of amides is 2. The number of carbonyl (C=O) groups is 2. The molecular formula is C21H24N2O3. The Morgan fingerprint density at radius 1 is 1.19 bits per heavy atom. The zero-order chi connectivity index (χ0) is 18.7. The maximum atomic E-state index is 12.6. The average Bonchev–Trinajstić information content (AvgIpc) is 2.95. The lowest BCUT2D eigenvalue weighted by Gasteiger charge is -2.15. The van der Waals surface area contributed by atoms with Crippen molar-refractivity contribution < 1.29 is 14.3 Å². The molecule has 5 heteroatoms. The van der Waals surface area contributed by atoms with Gasteiger partial charge in [-0.3, -0.25) is 9.59 Å². The zero-order valence-corrected chi connectivity index (χ0v) is 15.4. The third kappa shape index (κ3) is 3.87. The summed E-state index contributed by atoms with van der Waals surface area (Å²) < 4.78 is 5.16. The largest absolute Gasteiger partial charge is 0.497 e. The minimum Gasteiger partial charge on any atom is -0.497 e. The van der Waals surface area contributed by atoms with Gasteiger partial charge in [0.1, 0.15) is 5.75 Å². The third-order valence-electron chi connectivity index (χ3n) is 4.45. The quantitative estimate of drug-likeness (QED) is 0.868. The number of carbonyl (C=O) groups excluding carboxylic acids is 2. The molecule has 1 heterocycles. The van der Waals surface area contributed by atoms with Gasteiger partial charge in [-0.25, -0.2) is 0 Å². The predicted molar refractivity (Wildman–Crippen MR) is 100 cm³/mol. The molecule has 0 saturated heterocycles. The summed E-state index contributed by atoms with van der Waals surface area (Å²) in [4.78, 5) is 26.7. The van der Waals surface area contributed by atoms with Gasteiger partial charge in [0.2, 0.25) is 0 Å². The number of fused-ring (bicyclic) bond motifs is 1. The second-order valence-electron chi connectivity index (χ2n) is 6.99. The van der Waals surface area contributed by atoms with Gasteiger partial charge in [0.15, 0.2) is 0 Å². The molecule has 0 saturated carbocycles. The van der Waals surface area contributed by atoms with Gasteiger partial charge in [-0.05, 0) is 47.4 Å². The van der Waals surface area contributed by atoms with Crippen LogP contribution in [0.2, 0.25) is 0 Å². The summed E-state index contributed by atoms with van der Waals surface area (Å²) in [5.41, 5.74) is 3.23. The van der Waals surface area contributed by atoms with Crippen LogP contribution in [0.5, 0.6) is 5.75 Å². The van der Waals surface area contributed by atoms with E-state index in [0.717, 1.165) is 16.9 Å². The lowest BCUT2D eigenvalue weighted by Crippen LogP contribution is -2.27. The molecule has 5 nitrogen and oxygen atoms in total. The van der Waals surface area contributed by atoms with E-state index in [9.17, 15) is 9.59 Å². The van der Waals surface area contributed by atoms with Gasteiger partial charge in [-0.1, -0.05) is 26.0 Å². The first kappa shape index (κ1) is 18.0. The van der Waals surface area contributed by atoms with Crippen LogP contribution in [-0.4, -0.2) is 30.4 Å². The zero-order valence-electron chi connectivity index (χ0n) is 15.4. The normalized spacial score (nSPS) is 13.1. The fraction of sp³-hybridized carbons (Fsp3) is 0.333. The summed E-state index contributed by atoms with van der Waals surface area (Å²) in [5.74, 6) is 1.10. The summed E-state index contributed by atoms with van der Waals surface area (Å²) in [5, 5.41) is 2.91. The third-order valence-corrected chi connectivity index (χ3v) is 4.45. The standard InChI is InChI=1S/C21H24N2O3/c1-14(2)11-22-20(24)16-6-9-19-17(10-16)13-23(21(19)25)12-15-4-7-18(26-3)8-5-15/h4-10,14H,11-13H2,1-3H3,(H,22,24). The fourth-order valence-electron chi connectivity index (χ4n) is 3.00. The maximum absolute atomic E-state index is 12.6. The molecule has 1 N–H and O–H groups in total. The second kappa shape index (κ2) is 7.60. The number of methoxy groups -OCH3 is 1. The Morgan fingerprint density at radius 2 is 1.92 bits per heavy atom. The molecule has 0 radical (unpaired) electrons. The highest BCUT2D eigenvalue weighted by Gasteiger charge is 2.28. The first-order valence-electron chi connectivity index (χ1n) is 8.81. The molecule has 3 rings (SSSR count). The predicted octanol–water partition coefficient (Wildman–Crippen LogP) is 3.24. The van der Waals surface area contributed by atoms with Crippen molar-refractivity contribution in [2.45, 2.75) is 26.9 Å². The van der Waals surface area contributed by atoms with E-state index in [1.807, 2.05) is 30.3 Å². The van der Waals surface area contributed by atoms with E-state index in [1.165, 1.54) is 0 Å². The summed E-state index contributed by atoms with van der Waals surface area (Å²) in [6.45, 7) is 5.80. The lowest BCUT2D eigenvalue weighted by molar-refractivity contribution is 0.0766. The van der Waals surface area contributed by atoms with Crippen LogP contribution in [0, 0.1) is 5.92 Å². The van der Waals surface area contributed by atoms with Crippen LogP contribution in [0.3, 0.4) is 0 Å². The number of benzene rings is 2. The monoisotopic (exact) mass is 352 g/mol. The minimum atomic E-state index is -0.0949. The van der Waals surface area contributed by atoms with Gasteiger partial charge in [-0.15, -0.1) is 0 Å². The van der Waals surface area contributed by atoms with Crippen LogP contribution < -0.4 is 10.1 Å². The van der Waals surface area contributed by atoms with E-state index in [4.69, 9.17) is 4.74 Å². The highest BCUT2D eigenvalue weighted by atomic mass is 16.5. The summed E-state index contributed by atoms with van der Waals surface area (Å²) >= 11 is 0. The Hall–Kier alpha value is -2.82. The number of rotatable bonds is 6. The van der Waals surface area contributed by atoms with Crippen molar-refractivity contribution in [1.82, 2.24) is 10.2 Å². The van der Waals surface area contributed by atoms with Crippen LogP contribution >= 0.6 is 0 Å². The summed E-state index contributed by atoms with van der Waals surface area (Å²) in [7, 11) is 1.63. The van der Waals surface area contributed by atoms with E-state index in [1.54, 1.807) is 24.1 Å². The molecule has 26 heavy (non-hydrogen) atoms. The smallest absolute Gasteiger partial charge is 0.254 e. The SMILES string of the molecule is COc1ccc(CN2Cc3cc(C(=O)NCC(C)C)ccc3C2=O)cc1. The first-order chi connectivity index (χ1) is 12.5. The molecule has 0 bridgehead atoms. The van der Waals surface area contributed by atoms with Crippen LogP contribution in [0.25, 0.3) is 0 Å². The molecule has 0 spiro atoms. The summed E-state index contributed by atoms with van der Waals surface area (Å²) in [6.07, 6.45) is 0. The van der Waals surface area contributed by atoms with Gasteiger partial charge in [0.25, 0.3) is 11.8 Å². The molecular weight excluding hydrogens is 328 g/mol. The first-order valence-corrected chi connectivity index (χ1v) is 8.81. The van der Waals surface area contributed by atoms with Crippen molar-refractivity contribution in [1.29, 1.82) is 0 Å². The van der Waals surface area contributed by atoms with E-state index in [2.05, 4.69) is 19.2 Å². The van der Waals surface area contributed by atoms with E-state index >= 15 is 0 Å². The molecule has 2 aromatic rings. The topological polar surface area (TPSA) is 58.6 Å². The van der Waals surface area contributed by atoms with Crippen LogP contribution in [0.15, 0.2) is 42.5 Å². The molecule has 1 aliphatic rings. The molecule has 136 valence electrons. The molecule has 1 aliphatic heterocycles. The fourth-order valence-corrected chi connectivity index (χ4v) is 3.00. The molecule has 0 atom stereocenters. The lowest BCUT2D eigenvalue weighted by atomic mass is 10.1. The summed E-state index contributed by atoms with van der Waals surface area (Å²) in [6, 6.07) is 13.0. The van der Waals surface area contributed by atoms with E-state index in [0.29, 0.717) is 36.7 Å². The van der Waals surface area contributed by atoms with Gasteiger partial charge in [-0.2, -0.15) is 0 Å². The Labute approximate surface area is 154 Å².